The van der Waals surface area contributed by atoms with Crippen molar-refractivity contribution in [2.45, 2.75) is 19.5 Å². The first kappa shape index (κ1) is 11.6. The van der Waals surface area contributed by atoms with Gasteiger partial charge in [0.25, 0.3) is 0 Å². The van der Waals surface area contributed by atoms with Crippen LogP contribution in [0.2, 0.25) is 0 Å². The average Bonchev–Trinajstić information content (AvgIpc) is 2.26. The van der Waals surface area contributed by atoms with E-state index in [2.05, 4.69) is 15.5 Å². The van der Waals surface area contributed by atoms with Crippen LogP contribution in [0, 0.1) is 0 Å². The molecule has 0 aliphatic carbocycles. The monoisotopic (exact) mass is 208 g/mol. The van der Waals surface area contributed by atoms with Gasteiger partial charge in [-0.25, -0.2) is 0 Å². The molecule has 5 heteroatoms. The Morgan fingerprint density at radius 2 is 2.33 bits per heavy atom. The van der Waals surface area contributed by atoms with E-state index >= 15 is 0 Å². The SMILES string of the molecule is CC(NCc1cccnn1)C(=O)N(C)C. The standard InChI is InChI=1S/C10H16N4O/c1-8(10(15)14(2)3)11-7-9-5-4-6-12-13-9/h4-6,8,11H,7H2,1-3H3. The molecule has 5 nitrogen and oxygen atoms in total. The Kier molecular flexibility index (Phi) is 4.17. The van der Waals surface area contributed by atoms with Crippen LogP contribution in [0.25, 0.3) is 0 Å². The normalized spacial score (nSPS) is 12.2. The molecule has 1 aromatic heterocycles. The fourth-order valence-electron chi connectivity index (χ4n) is 1.16. The number of hydrogen-bond acceptors (Lipinski definition) is 4. The number of nitrogens with zero attached hydrogens (tertiary/aromatic N) is 3. The van der Waals surface area contributed by atoms with Gasteiger partial charge in [0.2, 0.25) is 5.91 Å². The molecule has 0 bridgehead atoms. The van der Waals surface area contributed by atoms with Gasteiger partial charge in [0.05, 0.1) is 11.7 Å². The Bertz CT molecular complexity index is 312. The van der Waals surface area contributed by atoms with E-state index in [4.69, 9.17) is 0 Å². The van der Waals surface area contributed by atoms with Crippen molar-refractivity contribution in [3.8, 4) is 0 Å². The summed E-state index contributed by atoms with van der Waals surface area (Å²) in [5, 5.41) is 10.8. The van der Waals surface area contributed by atoms with Crippen molar-refractivity contribution >= 4 is 5.91 Å². The minimum atomic E-state index is -0.206. The zero-order valence-corrected chi connectivity index (χ0v) is 9.27. The van der Waals surface area contributed by atoms with E-state index in [0.717, 1.165) is 5.69 Å². The van der Waals surface area contributed by atoms with Gasteiger partial charge in [-0.1, -0.05) is 0 Å². The summed E-state index contributed by atoms with van der Waals surface area (Å²) < 4.78 is 0. The summed E-state index contributed by atoms with van der Waals surface area (Å²) in [5.41, 5.74) is 0.830. The molecule has 15 heavy (non-hydrogen) atoms. The molecule has 0 saturated carbocycles. The summed E-state index contributed by atoms with van der Waals surface area (Å²) in [4.78, 5) is 13.1. The number of carbonyl (C=O) groups excluding carboxylic acids is 1. The van der Waals surface area contributed by atoms with Gasteiger partial charge in [0, 0.05) is 26.8 Å². The molecular weight excluding hydrogens is 192 g/mol. The molecule has 0 aliphatic heterocycles. The highest BCUT2D eigenvalue weighted by molar-refractivity contribution is 5.80. The number of hydrogen-bond donors (Lipinski definition) is 1. The lowest BCUT2D eigenvalue weighted by Gasteiger charge is -2.17. The van der Waals surface area contributed by atoms with Crippen LogP contribution in [0.1, 0.15) is 12.6 Å². The van der Waals surface area contributed by atoms with Crippen LogP contribution >= 0.6 is 0 Å². The maximum absolute atomic E-state index is 11.5. The lowest BCUT2D eigenvalue weighted by Crippen LogP contribution is -2.41. The molecule has 1 N–H and O–H groups in total. The molecule has 0 fully saturated rings. The van der Waals surface area contributed by atoms with Crippen molar-refractivity contribution in [2.75, 3.05) is 14.1 Å². The molecular formula is C10H16N4O. The van der Waals surface area contributed by atoms with Crippen LogP contribution in [0.3, 0.4) is 0 Å². The van der Waals surface area contributed by atoms with Gasteiger partial charge in [-0.05, 0) is 19.1 Å². The van der Waals surface area contributed by atoms with Gasteiger partial charge in [0.15, 0.2) is 0 Å². The topological polar surface area (TPSA) is 58.1 Å². The van der Waals surface area contributed by atoms with Crippen molar-refractivity contribution in [1.82, 2.24) is 20.4 Å². The summed E-state index contributed by atoms with van der Waals surface area (Å²) in [5.74, 6) is 0.0545. The molecule has 1 atom stereocenters. The fraction of sp³-hybridized carbons (Fsp3) is 0.500. The summed E-state index contributed by atoms with van der Waals surface area (Å²) in [6.07, 6.45) is 1.62. The Morgan fingerprint density at radius 1 is 1.60 bits per heavy atom. The van der Waals surface area contributed by atoms with E-state index in [9.17, 15) is 4.79 Å². The van der Waals surface area contributed by atoms with E-state index < -0.39 is 0 Å². The number of carbonyl (C=O) groups is 1. The predicted molar refractivity (Wildman–Crippen MR) is 57.0 cm³/mol. The number of amides is 1. The van der Waals surface area contributed by atoms with E-state index in [0.29, 0.717) is 6.54 Å². The minimum Gasteiger partial charge on any atom is -0.347 e. The lowest BCUT2D eigenvalue weighted by atomic mass is 10.3. The Balaban J connectivity index is 2.41. The largest absolute Gasteiger partial charge is 0.347 e. The van der Waals surface area contributed by atoms with Crippen LogP contribution < -0.4 is 5.32 Å². The molecule has 1 rings (SSSR count). The fourth-order valence-corrected chi connectivity index (χ4v) is 1.16. The van der Waals surface area contributed by atoms with E-state index in [1.54, 1.807) is 25.2 Å². The second-order valence-corrected chi connectivity index (χ2v) is 3.55. The molecule has 0 saturated heterocycles. The Labute approximate surface area is 89.5 Å². The molecule has 0 radical (unpaired) electrons. The van der Waals surface area contributed by atoms with Gasteiger partial charge >= 0.3 is 0 Å². The van der Waals surface area contributed by atoms with Gasteiger partial charge in [0.1, 0.15) is 0 Å². The molecule has 1 aromatic rings. The third-order valence-corrected chi connectivity index (χ3v) is 2.03. The summed E-state index contributed by atoms with van der Waals surface area (Å²) >= 11 is 0. The highest BCUT2D eigenvalue weighted by atomic mass is 16.2. The molecule has 82 valence electrons. The number of likely N-dealkylation sites (N-methyl/N-ethyl adjacent to an activating group) is 1. The van der Waals surface area contributed by atoms with Crippen molar-refractivity contribution in [3.63, 3.8) is 0 Å². The van der Waals surface area contributed by atoms with Crippen LogP contribution in [0.15, 0.2) is 18.3 Å². The van der Waals surface area contributed by atoms with Gasteiger partial charge < -0.3 is 10.2 Å². The average molecular weight is 208 g/mol. The molecule has 0 aromatic carbocycles. The van der Waals surface area contributed by atoms with E-state index in [-0.39, 0.29) is 11.9 Å². The van der Waals surface area contributed by atoms with Crippen LogP contribution in [0.5, 0.6) is 0 Å². The van der Waals surface area contributed by atoms with Crippen molar-refractivity contribution in [2.24, 2.45) is 0 Å². The molecule has 0 aliphatic rings. The summed E-state index contributed by atoms with van der Waals surface area (Å²) in [6, 6.07) is 3.48. The second kappa shape index (κ2) is 5.41. The minimum absolute atomic E-state index is 0.0545. The van der Waals surface area contributed by atoms with Crippen molar-refractivity contribution < 1.29 is 4.79 Å². The quantitative estimate of drug-likeness (QED) is 0.759. The third kappa shape index (κ3) is 3.63. The van der Waals surface area contributed by atoms with Crippen molar-refractivity contribution in [1.29, 1.82) is 0 Å². The summed E-state index contributed by atoms with van der Waals surface area (Å²) in [6.45, 7) is 2.38. The molecule has 1 unspecified atom stereocenters. The number of rotatable bonds is 4. The highest BCUT2D eigenvalue weighted by Gasteiger charge is 2.13. The smallest absolute Gasteiger partial charge is 0.238 e. The maximum Gasteiger partial charge on any atom is 0.238 e. The van der Waals surface area contributed by atoms with Gasteiger partial charge in [-0.2, -0.15) is 10.2 Å². The summed E-state index contributed by atoms with van der Waals surface area (Å²) in [7, 11) is 3.48. The number of aromatic nitrogens is 2. The predicted octanol–water partition coefficient (Wildman–Crippen LogP) is 0.0429. The molecule has 1 amide bonds. The second-order valence-electron chi connectivity index (χ2n) is 3.55. The van der Waals surface area contributed by atoms with Crippen LogP contribution in [-0.4, -0.2) is 41.1 Å². The first-order valence-corrected chi connectivity index (χ1v) is 4.82. The van der Waals surface area contributed by atoms with Crippen LogP contribution in [0.4, 0.5) is 0 Å². The highest BCUT2D eigenvalue weighted by Crippen LogP contribution is 1.93. The van der Waals surface area contributed by atoms with E-state index in [1.165, 1.54) is 0 Å². The Hall–Kier alpha value is -1.49. The zero-order chi connectivity index (χ0) is 11.3. The van der Waals surface area contributed by atoms with Gasteiger partial charge in [-0.15, -0.1) is 0 Å². The van der Waals surface area contributed by atoms with E-state index in [1.807, 2.05) is 19.1 Å². The zero-order valence-electron chi connectivity index (χ0n) is 9.27. The third-order valence-electron chi connectivity index (χ3n) is 2.03. The maximum atomic E-state index is 11.5. The lowest BCUT2D eigenvalue weighted by molar-refractivity contribution is -0.130. The first-order chi connectivity index (χ1) is 7.11. The molecule has 1 heterocycles. The van der Waals surface area contributed by atoms with Crippen LogP contribution in [-0.2, 0) is 11.3 Å². The number of nitrogens with one attached hydrogen (secondary N) is 1. The van der Waals surface area contributed by atoms with Crippen molar-refractivity contribution in [3.05, 3.63) is 24.0 Å². The Morgan fingerprint density at radius 3 is 2.87 bits per heavy atom. The first-order valence-electron chi connectivity index (χ1n) is 4.82. The molecule has 0 spiro atoms. The van der Waals surface area contributed by atoms with Gasteiger partial charge in [-0.3, -0.25) is 4.79 Å².